The molecule has 114 valence electrons. The number of aromatic amines is 2. The third kappa shape index (κ3) is 4.37. The number of nitrogens with zero attached hydrogens (tertiary/aromatic N) is 2. The molecule has 2 rings (SSSR count). The Balaban J connectivity index is 1.84. The zero-order valence-electron chi connectivity index (χ0n) is 11.1. The van der Waals surface area contributed by atoms with Gasteiger partial charge in [0.05, 0.1) is 12.8 Å². The molecular formula is C12H11FN6O3. The summed E-state index contributed by atoms with van der Waals surface area (Å²) in [6, 6.07) is 5.51. The molecule has 0 aliphatic rings. The van der Waals surface area contributed by atoms with Crippen molar-refractivity contribution in [3.8, 4) is 0 Å². The van der Waals surface area contributed by atoms with Gasteiger partial charge in [-0.3, -0.25) is 14.6 Å². The molecule has 1 amide bonds. The van der Waals surface area contributed by atoms with Crippen LogP contribution in [0, 0.1) is 5.82 Å². The molecule has 10 heteroatoms. The Kier molecular flexibility index (Phi) is 4.75. The Morgan fingerprint density at radius 1 is 1.32 bits per heavy atom. The molecule has 0 saturated carbocycles. The van der Waals surface area contributed by atoms with Crippen molar-refractivity contribution in [2.75, 3.05) is 11.9 Å². The summed E-state index contributed by atoms with van der Waals surface area (Å²) in [6.07, 6.45) is 1.34. The highest BCUT2D eigenvalue weighted by molar-refractivity contribution is 5.84. The van der Waals surface area contributed by atoms with Gasteiger partial charge in [-0.2, -0.15) is 5.10 Å². The minimum Gasteiger partial charge on any atom is -0.355 e. The third-order valence-electron chi connectivity index (χ3n) is 2.40. The maximum Gasteiger partial charge on any atom is 0.342 e. The Labute approximate surface area is 122 Å². The Bertz CT molecular complexity index is 795. The number of H-pyrrole nitrogens is 2. The lowest BCUT2D eigenvalue weighted by atomic mass is 10.2. The molecule has 0 aliphatic heterocycles. The van der Waals surface area contributed by atoms with Gasteiger partial charge in [0.1, 0.15) is 5.82 Å². The normalized spacial score (nSPS) is 10.6. The van der Waals surface area contributed by atoms with Gasteiger partial charge in [0.15, 0.2) is 0 Å². The first-order valence-corrected chi connectivity index (χ1v) is 6.05. The quantitative estimate of drug-likeness (QED) is 0.422. The second kappa shape index (κ2) is 6.92. The molecule has 0 spiro atoms. The van der Waals surface area contributed by atoms with Crippen LogP contribution >= 0.6 is 0 Å². The highest BCUT2D eigenvalue weighted by Crippen LogP contribution is 1.99. The minimum atomic E-state index is -0.746. The van der Waals surface area contributed by atoms with E-state index in [-0.39, 0.29) is 18.2 Å². The van der Waals surface area contributed by atoms with Gasteiger partial charge >= 0.3 is 5.69 Å². The molecule has 1 aromatic carbocycles. The number of benzene rings is 1. The maximum atomic E-state index is 12.7. The van der Waals surface area contributed by atoms with Gasteiger partial charge in [-0.1, -0.05) is 12.1 Å². The second-order valence-corrected chi connectivity index (χ2v) is 4.05. The van der Waals surface area contributed by atoms with E-state index in [1.807, 2.05) is 10.1 Å². The van der Waals surface area contributed by atoms with Crippen LogP contribution in [0.1, 0.15) is 5.56 Å². The third-order valence-corrected chi connectivity index (χ3v) is 2.40. The number of hydrazone groups is 1. The fraction of sp³-hybridized carbons (Fsp3) is 0.0833. The Morgan fingerprint density at radius 2 is 2.05 bits per heavy atom. The van der Waals surface area contributed by atoms with Gasteiger partial charge in [0.2, 0.25) is 5.82 Å². The molecular weight excluding hydrogens is 295 g/mol. The number of carbonyl (C=O) groups is 1. The monoisotopic (exact) mass is 306 g/mol. The van der Waals surface area contributed by atoms with Crippen LogP contribution in [0.25, 0.3) is 0 Å². The molecule has 0 bridgehead atoms. The average Bonchev–Trinajstić information content (AvgIpc) is 2.48. The molecule has 9 nitrogen and oxygen atoms in total. The summed E-state index contributed by atoms with van der Waals surface area (Å²) in [5.74, 6) is -1.10. The van der Waals surface area contributed by atoms with E-state index in [0.717, 1.165) is 0 Å². The lowest BCUT2D eigenvalue weighted by Gasteiger charge is -2.02. The lowest BCUT2D eigenvalue weighted by molar-refractivity contribution is -0.119. The Hall–Kier alpha value is -3.30. The lowest BCUT2D eigenvalue weighted by Crippen LogP contribution is -2.31. The van der Waals surface area contributed by atoms with Gasteiger partial charge in [0.25, 0.3) is 11.5 Å². The SMILES string of the molecule is O=C(CNc1n[nH]c(=O)[nH]c1=O)N/N=C/c1ccc(F)cc1. The van der Waals surface area contributed by atoms with E-state index < -0.39 is 17.2 Å². The number of rotatable bonds is 5. The predicted octanol–water partition coefficient (Wildman–Crippen LogP) is -0.840. The minimum absolute atomic E-state index is 0.197. The van der Waals surface area contributed by atoms with Crippen LogP contribution in [-0.2, 0) is 4.79 Å². The van der Waals surface area contributed by atoms with E-state index in [9.17, 15) is 18.8 Å². The molecule has 4 N–H and O–H groups in total. The van der Waals surface area contributed by atoms with Crippen LogP contribution < -0.4 is 22.0 Å². The van der Waals surface area contributed by atoms with Crippen molar-refractivity contribution < 1.29 is 9.18 Å². The maximum absolute atomic E-state index is 12.7. The van der Waals surface area contributed by atoms with Gasteiger partial charge < -0.3 is 5.32 Å². The largest absolute Gasteiger partial charge is 0.355 e. The van der Waals surface area contributed by atoms with Gasteiger partial charge in [-0.15, -0.1) is 5.10 Å². The Morgan fingerprint density at radius 3 is 2.73 bits per heavy atom. The predicted molar refractivity (Wildman–Crippen MR) is 76.1 cm³/mol. The van der Waals surface area contributed by atoms with Crippen molar-refractivity contribution in [1.82, 2.24) is 20.6 Å². The van der Waals surface area contributed by atoms with Crippen molar-refractivity contribution in [2.24, 2.45) is 5.10 Å². The van der Waals surface area contributed by atoms with E-state index in [4.69, 9.17) is 0 Å². The van der Waals surface area contributed by atoms with Crippen LogP contribution in [0.5, 0.6) is 0 Å². The molecule has 0 unspecified atom stereocenters. The number of amides is 1. The second-order valence-electron chi connectivity index (χ2n) is 4.05. The molecule has 22 heavy (non-hydrogen) atoms. The van der Waals surface area contributed by atoms with E-state index in [1.165, 1.54) is 30.5 Å². The van der Waals surface area contributed by atoms with Crippen molar-refractivity contribution in [3.63, 3.8) is 0 Å². The van der Waals surface area contributed by atoms with E-state index >= 15 is 0 Å². The number of carbonyl (C=O) groups excluding carboxylic acids is 1. The highest BCUT2D eigenvalue weighted by atomic mass is 19.1. The molecule has 0 atom stereocenters. The van der Waals surface area contributed by atoms with Crippen molar-refractivity contribution in [1.29, 1.82) is 0 Å². The van der Waals surface area contributed by atoms with Crippen LogP contribution in [0.3, 0.4) is 0 Å². The van der Waals surface area contributed by atoms with Crippen LogP contribution in [0.15, 0.2) is 39.0 Å². The molecule has 0 saturated heterocycles. The summed E-state index contributed by atoms with van der Waals surface area (Å²) in [5.41, 5.74) is 1.32. The molecule has 0 fully saturated rings. The topological polar surface area (TPSA) is 132 Å². The first-order valence-electron chi connectivity index (χ1n) is 6.05. The number of hydrogen-bond donors (Lipinski definition) is 4. The summed E-state index contributed by atoms with van der Waals surface area (Å²) in [6.45, 7) is -0.275. The van der Waals surface area contributed by atoms with E-state index in [0.29, 0.717) is 5.56 Å². The van der Waals surface area contributed by atoms with Gasteiger partial charge in [0, 0.05) is 0 Å². The zero-order valence-corrected chi connectivity index (χ0v) is 11.1. The summed E-state index contributed by atoms with van der Waals surface area (Å²) in [5, 5.41) is 11.6. The van der Waals surface area contributed by atoms with Crippen molar-refractivity contribution >= 4 is 17.9 Å². The number of halogens is 1. The zero-order chi connectivity index (χ0) is 15.9. The first kappa shape index (κ1) is 15.1. The molecule has 0 radical (unpaired) electrons. The summed E-state index contributed by atoms with van der Waals surface area (Å²) in [7, 11) is 0. The standard InChI is InChI=1S/C12H11FN6O3/c13-8-3-1-7(2-4-8)5-15-17-9(20)6-14-10-11(21)16-12(22)19-18-10/h1-5H,6H2,(H,14,18)(H,17,20)(H2,16,19,21,22)/b15-5+. The number of aromatic nitrogens is 3. The fourth-order valence-electron chi connectivity index (χ4n) is 1.40. The van der Waals surface area contributed by atoms with Crippen LogP contribution in [-0.4, -0.2) is 33.8 Å². The van der Waals surface area contributed by atoms with E-state index in [2.05, 4.69) is 20.9 Å². The number of anilines is 1. The van der Waals surface area contributed by atoms with Crippen molar-refractivity contribution in [3.05, 3.63) is 56.5 Å². The summed E-state index contributed by atoms with van der Waals surface area (Å²) < 4.78 is 12.7. The summed E-state index contributed by atoms with van der Waals surface area (Å²) in [4.78, 5) is 35.5. The number of hydrogen-bond acceptors (Lipinski definition) is 6. The van der Waals surface area contributed by atoms with Crippen LogP contribution in [0.4, 0.5) is 10.2 Å². The fourth-order valence-corrected chi connectivity index (χ4v) is 1.40. The smallest absolute Gasteiger partial charge is 0.342 e. The van der Waals surface area contributed by atoms with Gasteiger partial charge in [-0.25, -0.2) is 19.7 Å². The van der Waals surface area contributed by atoms with Crippen molar-refractivity contribution in [2.45, 2.75) is 0 Å². The molecule has 1 heterocycles. The number of nitrogens with one attached hydrogen (secondary N) is 4. The molecule has 2 aromatic rings. The highest BCUT2D eigenvalue weighted by Gasteiger charge is 2.04. The molecule has 0 aliphatic carbocycles. The van der Waals surface area contributed by atoms with E-state index in [1.54, 1.807) is 0 Å². The van der Waals surface area contributed by atoms with Gasteiger partial charge in [-0.05, 0) is 17.7 Å². The average molecular weight is 306 g/mol. The first-order chi connectivity index (χ1) is 10.5. The summed E-state index contributed by atoms with van der Waals surface area (Å²) >= 11 is 0. The van der Waals surface area contributed by atoms with Crippen LogP contribution in [0.2, 0.25) is 0 Å². The molecule has 1 aromatic heterocycles.